The van der Waals surface area contributed by atoms with Gasteiger partial charge in [0.2, 0.25) is 0 Å². The first-order valence-corrected chi connectivity index (χ1v) is 9.40. The molecule has 1 N–H and O–H groups in total. The first-order valence-electron chi connectivity index (χ1n) is 7.51. The van der Waals surface area contributed by atoms with Gasteiger partial charge in [-0.15, -0.1) is 0 Å². The topological polar surface area (TPSA) is 81.1 Å². The van der Waals surface area contributed by atoms with E-state index in [2.05, 4.69) is 17.3 Å². The minimum absolute atomic E-state index is 0.130. The summed E-state index contributed by atoms with van der Waals surface area (Å²) in [5, 5.41) is 7.10. The summed E-state index contributed by atoms with van der Waals surface area (Å²) < 4.78 is 25.0. The summed E-state index contributed by atoms with van der Waals surface area (Å²) in [6.07, 6.45) is 5.15. The molecule has 7 heteroatoms. The molecule has 6 nitrogen and oxygen atoms in total. The molecule has 1 aliphatic rings. The second-order valence-electron chi connectivity index (χ2n) is 5.99. The van der Waals surface area contributed by atoms with Crippen molar-refractivity contribution in [3.63, 3.8) is 0 Å². The Balaban J connectivity index is 1.81. The molecule has 1 amide bonds. The van der Waals surface area contributed by atoms with Gasteiger partial charge in [0.05, 0.1) is 17.1 Å². The predicted molar refractivity (Wildman–Crippen MR) is 87.2 cm³/mol. The number of nitrogens with one attached hydrogen (secondary N) is 1. The summed E-state index contributed by atoms with van der Waals surface area (Å²) in [6, 6.07) is 8.01. The van der Waals surface area contributed by atoms with Gasteiger partial charge < -0.3 is 5.32 Å². The lowest BCUT2D eigenvalue weighted by Gasteiger charge is -2.15. The summed E-state index contributed by atoms with van der Waals surface area (Å²) in [7, 11) is -3.34. The van der Waals surface area contributed by atoms with E-state index in [9.17, 15) is 13.2 Å². The third-order valence-electron chi connectivity index (χ3n) is 4.13. The van der Waals surface area contributed by atoms with Gasteiger partial charge in [-0.1, -0.05) is 6.07 Å². The molecule has 1 fully saturated rings. The molecule has 0 spiro atoms. The zero-order valence-electron chi connectivity index (χ0n) is 13.1. The lowest BCUT2D eigenvalue weighted by Crippen LogP contribution is -2.18. The molecule has 0 radical (unpaired) electrons. The molecule has 0 saturated heterocycles. The third-order valence-corrected chi connectivity index (χ3v) is 5.24. The average Bonchev–Trinajstić information content (AvgIpc) is 3.26. The second kappa shape index (κ2) is 5.81. The van der Waals surface area contributed by atoms with Crippen LogP contribution in [0.25, 0.3) is 0 Å². The molecule has 2 aromatic rings. The Morgan fingerprint density at radius 1 is 1.35 bits per heavy atom. The van der Waals surface area contributed by atoms with E-state index in [4.69, 9.17) is 0 Å². The Morgan fingerprint density at radius 2 is 2.09 bits per heavy atom. The molecular formula is C16H19N3O3S. The zero-order chi connectivity index (χ0) is 16.6. The van der Waals surface area contributed by atoms with Gasteiger partial charge in [-0.05, 0) is 43.9 Å². The molecule has 0 bridgehead atoms. The molecule has 1 unspecified atom stereocenters. The van der Waals surface area contributed by atoms with E-state index < -0.39 is 9.84 Å². The monoisotopic (exact) mass is 333 g/mol. The minimum atomic E-state index is -3.34. The number of sulfone groups is 1. The van der Waals surface area contributed by atoms with Crippen molar-refractivity contribution in [2.24, 2.45) is 5.92 Å². The van der Waals surface area contributed by atoms with E-state index in [1.54, 1.807) is 24.4 Å². The molecule has 1 aliphatic carbocycles. The van der Waals surface area contributed by atoms with Crippen LogP contribution in [0.5, 0.6) is 0 Å². The molecule has 122 valence electrons. The molecular weight excluding hydrogens is 314 g/mol. The van der Waals surface area contributed by atoms with Gasteiger partial charge >= 0.3 is 0 Å². The lowest BCUT2D eigenvalue weighted by molar-refractivity contribution is 0.102. The summed E-state index contributed by atoms with van der Waals surface area (Å²) in [6.45, 7) is 2.09. The quantitative estimate of drug-likeness (QED) is 0.911. The number of carbonyl (C=O) groups excluding carboxylic acids is 1. The minimum Gasteiger partial charge on any atom is -0.307 e. The van der Waals surface area contributed by atoms with Crippen LogP contribution in [0.3, 0.4) is 0 Å². The van der Waals surface area contributed by atoms with Gasteiger partial charge in [-0.2, -0.15) is 5.10 Å². The Bertz CT molecular complexity index is 838. The largest absolute Gasteiger partial charge is 0.307 e. The van der Waals surface area contributed by atoms with Crippen LogP contribution in [0.1, 0.15) is 36.2 Å². The molecule has 0 aliphatic heterocycles. The van der Waals surface area contributed by atoms with E-state index >= 15 is 0 Å². The summed E-state index contributed by atoms with van der Waals surface area (Å²) in [5.74, 6) is 0.888. The average molecular weight is 333 g/mol. The van der Waals surface area contributed by atoms with Crippen molar-refractivity contribution in [2.75, 3.05) is 11.6 Å². The molecule has 3 rings (SSSR count). The number of benzene rings is 1. The van der Waals surface area contributed by atoms with Crippen molar-refractivity contribution in [2.45, 2.75) is 30.7 Å². The molecule has 1 aromatic heterocycles. The van der Waals surface area contributed by atoms with Gasteiger partial charge in [0.25, 0.3) is 5.91 Å². The van der Waals surface area contributed by atoms with Crippen LogP contribution in [0.4, 0.5) is 5.82 Å². The molecule has 1 atom stereocenters. The SMILES string of the molecule is CC(C1CC1)n1nccc1NC(=O)c1cccc(S(C)(=O)=O)c1. The molecule has 1 heterocycles. The van der Waals surface area contributed by atoms with Crippen LogP contribution in [-0.4, -0.2) is 30.4 Å². The van der Waals surface area contributed by atoms with E-state index in [1.165, 1.54) is 25.0 Å². The number of aromatic nitrogens is 2. The van der Waals surface area contributed by atoms with Crippen molar-refractivity contribution >= 4 is 21.6 Å². The fourth-order valence-corrected chi connectivity index (χ4v) is 3.24. The van der Waals surface area contributed by atoms with E-state index in [1.807, 2.05) is 4.68 Å². The number of hydrogen-bond acceptors (Lipinski definition) is 4. The van der Waals surface area contributed by atoms with Crippen LogP contribution in [0, 0.1) is 5.92 Å². The van der Waals surface area contributed by atoms with Crippen LogP contribution in [0.2, 0.25) is 0 Å². The number of carbonyl (C=O) groups is 1. The molecule has 1 saturated carbocycles. The highest BCUT2D eigenvalue weighted by molar-refractivity contribution is 7.90. The first-order chi connectivity index (χ1) is 10.9. The Morgan fingerprint density at radius 3 is 2.74 bits per heavy atom. The summed E-state index contributed by atoms with van der Waals surface area (Å²) >= 11 is 0. The maximum atomic E-state index is 12.4. The summed E-state index contributed by atoms with van der Waals surface area (Å²) in [4.78, 5) is 12.5. The highest BCUT2D eigenvalue weighted by atomic mass is 32.2. The number of amides is 1. The standard InChI is InChI=1S/C16H19N3O3S/c1-11(12-6-7-12)19-15(8-9-17-19)18-16(20)13-4-3-5-14(10-13)23(2,21)22/h3-5,8-12H,6-7H2,1-2H3,(H,18,20). The van der Waals surface area contributed by atoms with Crippen molar-refractivity contribution in [3.05, 3.63) is 42.1 Å². The number of rotatable bonds is 5. The number of nitrogens with zero attached hydrogens (tertiary/aromatic N) is 2. The van der Waals surface area contributed by atoms with Gasteiger partial charge in [-0.3, -0.25) is 4.79 Å². The Labute approximate surface area is 135 Å². The van der Waals surface area contributed by atoms with Crippen LogP contribution in [0.15, 0.2) is 41.4 Å². The van der Waals surface area contributed by atoms with Gasteiger partial charge in [0, 0.05) is 17.9 Å². The smallest absolute Gasteiger partial charge is 0.256 e. The normalized spacial score (nSPS) is 16.1. The molecule has 1 aromatic carbocycles. The fraction of sp³-hybridized carbons (Fsp3) is 0.375. The maximum absolute atomic E-state index is 12.4. The maximum Gasteiger partial charge on any atom is 0.256 e. The zero-order valence-corrected chi connectivity index (χ0v) is 13.9. The van der Waals surface area contributed by atoms with Gasteiger partial charge in [-0.25, -0.2) is 13.1 Å². The van der Waals surface area contributed by atoms with Gasteiger partial charge in [0.1, 0.15) is 5.82 Å². The first kappa shape index (κ1) is 15.7. The van der Waals surface area contributed by atoms with Crippen molar-refractivity contribution in [3.8, 4) is 0 Å². The lowest BCUT2D eigenvalue weighted by atomic mass is 10.2. The van der Waals surface area contributed by atoms with Crippen LogP contribution >= 0.6 is 0 Å². The van der Waals surface area contributed by atoms with Crippen molar-refractivity contribution < 1.29 is 13.2 Å². The summed E-state index contributed by atoms with van der Waals surface area (Å²) in [5.41, 5.74) is 0.305. The second-order valence-corrected chi connectivity index (χ2v) is 8.01. The van der Waals surface area contributed by atoms with Crippen molar-refractivity contribution in [1.82, 2.24) is 9.78 Å². The van der Waals surface area contributed by atoms with Gasteiger partial charge in [0.15, 0.2) is 9.84 Å². The van der Waals surface area contributed by atoms with E-state index in [-0.39, 0.29) is 16.8 Å². The third kappa shape index (κ3) is 3.44. The Hall–Kier alpha value is -2.15. The highest BCUT2D eigenvalue weighted by Gasteiger charge is 2.30. The number of anilines is 1. The predicted octanol–water partition coefficient (Wildman–Crippen LogP) is 2.51. The number of hydrogen-bond donors (Lipinski definition) is 1. The Kier molecular flexibility index (Phi) is 3.97. The van der Waals surface area contributed by atoms with E-state index in [0.29, 0.717) is 17.3 Å². The van der Waals surface area contributed by atoms with E-state index in [0.717, 1.165) is 6.26 Å². The molecule has 23 heavy (non-hydrogen) atoms. The fourth-order valence-electron chi connectivity index (χ4n) is 2.57. The highest BCUT2D eigenvalue weighted by Crippen LogP contribution is 2.40. The van der Waals surface area contributed by atoms with Crippen LogP contribution < -0.4 is 5.32 Å². The van der Waals surface area contributed by atoms with Crippen molar-refractivity contribution in [1.29, 1.82) is 0 Å². The van der Waals surface area contributed by atoms with Crippen LogP contribution in [-0.2, 0) is 9.84 Å².